The molecule has 1 aliphatic heterocycles. The second kappa shape index (κ2) is 10.3. The van der Waals surface area contributed by atoms with Gasteiger partial charge in [-0.05, 0) is 24.7 Å². The van der Waals surface area contributed by atoms with E-state index in [1.54, 1.807) is 0 Å². The lowest BCUT2D eigenvalue weighted by Gasteiger charge is -2.35. The van der Waals surface area contributed by atoms with Crippen LogP contribution >= 0.6 is 0 Å². The predicted octanol–water partition coefficient (Wildman–Crippen LogP) is 1.80. The van der Waals surface area contributed by atoms with E-state index < -0.39 is 17.5 Å². The average Bonchev–Trinajstić information content (AvgIpc) is 2.74. The molecule has 1 aliphatic rings. The zero-order valence-electron chi connectivity index (χ0n) is 16.9. The van der Waals surface area contributed by atoms with Crippen LogP contribution in [0.1, 0.15) is 22.0 Å². The van der Waals surface area contributed by atoms with Gasteiger partial charge in [0.05, 0.1) is 18.2 Å². The molecule has 1 saturated heterocycles. The van der Waals surface area contributed by atoms with E-state index in [4.69, 9.17) is 0 Å². The fourth-order valence-corrected chi connectivity index (χ4v) is 3.38. The third kappa shape index (κ3) is 6.08. The lowest BCUT2D eigenvalue weighted by Crippen LogP contribution is -2.48. The molecular formula is C22H26F2N4O2. The molecule has 0 spiro atoms. The maximum atomic E-state index is 13.7. The third-order valence-corrected chi connectivity index (χ3v) is 5.16. The highest BCUT2D eigenvalue weighted by atomic mass is 19.1. The van der Waals surface area contributed by atoms with Gasteiger partial charge in [0.2, 0.25) is 5.91 Å². The number of carbonyl (C=O) groups is 2. The number of rotatable bonds is 7. The number of benzene rings is 2. The second-order valence-electron chi connectivity index (χ2n) is 7.44. The van der Waals surface area contributed by atoms with Gasteiger partial charge in [-0.15, -0.1) is 0 Å². The van der Waals surface area contributed by atoms with Crippen LogP contribution in [0.25, 0.3) is 0 Å². The molecule has 0 saturated carbocycles. The molecule has 1 unspecified atom stereocenters. The Morgan fingerprint density at radius 1 is 1.03 bits per heavy atom. The van der Waals surface area contributed by atoms with Crippen LogP contribution in [0, 0.1) is 11.6 Å². The number of hydrogen-bond donors (Lipinski definition) is 2. The van der Waals surface area contributed by atoms with Crippen LogP contribution in [0.3, 0.4) is 0 Å². The maximum Gasteiger partial charge on any atom is 0.254 e. The lowest BCUT2D eigenvalue weighted by atomic mass is 10.1. The monoisotopic (exact) mass is 416 g/mol. The fourth-order valence-electron chi connectivity index (χ4n) is 3.38. The summed E-state index contributed by atoms with van der Waals surface area (Å²) >= 11 is 0. The van der Waals surface area contributed by atoms with Gasteiger partial charge < -0.3 is 15.5 Å². The Labute approximate surface area is 174 Å². The summed E-state index contributed by atoms with van der Waals surface area (Å²) in [4.78, 5) is 29.2. The highest BCUT2D eigenvalue weighted by Gasteiger charge is 2.21. The minimum atomic E-state index is -0.967. The SMILES string of the molecule is CN1CCN(CC(NC(=O)CNC(=O)c2ccc(F)cc2F)c2ccccc2)CC1. The zero-order chi connectivity index (χ0) is 21.5. The van der Waals surface area contributed by atoms with Gasteiger partial charge in [0.1, 0.15) is 11.6 Å². The van der Waals surface area contributed by atoms with Crippen molar-refractivity contribution < 1.29 is 18.4 Å². The zero-order valence-corrected chi connectivity index (χ0v) is 16.9. The molecule has 0 aliphatic carbocycles. The van der Waals surface area contributed by atoms with Crippen molar-refractivity contribution in [3.63, 3.8) is 0 Å². The van der Waals surface area contributed by atoms with Crippen molar-refractivity contribution >= 4 is 11.8 Å². The summed E-state index contributed by atoms with van der Waals surface area (Å²) in [5.74, 6) is -2.88. The summed E-state index contributed by atoms with van der Waals surface area (Å²) in [6.45, 7) is 4.11. The van der Waals surface area contributed by atoms with Gasteiger partial charge in [-0.3, -0.25) is 14.5 Å². The Balaban J connectivity index is 1.59. The number of piperazine rings is 1. The van der Waals surface area contributed by atoms with E-state index in [0.29, 0.717) is 12.6 Å². The van der Waals surface area contributed by atoms with Gasteiger partial charge in [-0.2, -0.15) is 0 Å². The summed E-state index contributed by atoms with van der Waals surface area (Å²) in [6.07, 6.45) is 0. The first-order valence-electron chi connectivity index (χ1n) is 9.91. The van der Waals surface area contributed by atoms with Crippen molar-refractivity contribution in [3.8, 4) is 0 Å². The Kier molecular flexibility index (Phi) is 7.48. The number of hydrogen-bond acceptors (Lipinski definition) is 4. The molecule has 0 bridgehead atoms. The number of likely N-dealkylation sites (N-methyl/N-ethyl adjacent to an activating group) is 1. The molecule has 8 heteroatoms. The predicted molar refractivity (Wildman–Crippen MR) is 110 cm³/mol. The minimum absolute atomic E-state index is 0.235. The van der Waals surface area contributed by atoms with Crippen molar-refractivity contribution in [1.29, 1.82) is 0 Å². The first-order chi connectivity index (χ1) is 14.4. The Hall–Kier alpha value is -2.84. The molecule has 3 rings (SSSR count). The van der Waals surface area contributed by atoms with Crippen LogP contribution in [0.2, 0.25) is 0 Å². The smallest absolute Gasteiger partial charge is 0.254 e. The van der Waals surface area contributed by atoms with E-state index in [1.807, 2.05) is 30.3 Å². The molecule has 2 N–H and O–H groups in total. The second-order valence-corrected chi connectivity index (χ2v) is 7.44. The summed E-state index contributed by atoms with van der Waals surface area (Å²) in [5, 5.41) is 5.35. The topological polar surface area (TPSA) is 64.7 Å². The maximum absolute atomic E-state index is 13.7. The highest BCUT2D eigenvalue weighted by Crippen LogP contribution is 2.15. The lowest BCUT2D eigenvalue weighted by molar-refractivity contribution is -0.121. The van der Waals surface area contributed by atoms with Gasteiger partial charge in [-0.1, -0.05) is 30.3 Å². The molecule has 0 radical (unpaired) electrons. The van der Waals surface area contributed by atoms with E-state index >= 15 is 0 Å². The molecule has 30 heavy (non-hydrogen) atoms. The van der Waals surface area contributed by atoms with E-state index in [0.717, 1.165) is 43.9 Å². The fraction of sp³-hybridized carbons (Fsp3) is 0.364. The number of halogens is 2. The normalized spacial score (nSPS) is 16.1. The van der Waals surface area contributed by atoms with Crippen molar-refractivity contribution in [3.05, 3.63) is 71.3 Å². The Morgan fingerprint density at radius 3 is 2.40 bits per heavy atom. The third-order valence-electron chi connectivity index (χ3n) is 5.16. The molecule has 2 aromatic carbocycles. The van der Waals surface area contributed by atoms with Crippen LogP contribution < -0.4 is 10.6 Å². The van der Waals surface area contributed by atoms with Crippen molar-refractivity contribution in [2.24, 2.45) is 0 Å². The first-order valence-corrected chi connectivity index (χ1v) is 9.91. The number of nitrogens with one attached hydrogen (secondary N) is 2. The first kappa shape index (κ1) is 21.9. The number of nitrogens with zero attached hydrogens (tertiary/aromatic N) is 2. The molecule has 0 aromatic heterocycles. The van der Waals surface area contributed by atoms with E-state index in [-0.39, 0.29) is 24.1 Å². The Morgan fingerprint density at radius 2 is 1.73 bits per heavy atom. The van der Waals surface area contributed by atoms with Crippen LogP contribution in [0.4, 0.5) is 8.78 Å². The summed E-state index contributed by atoms with van der Waals surface area (Å²) in [5.41, 5.74) is 0.668. The molecule has 1 fully saturated rings. The molecule has 1 atom stereocenters. The van der Waals surface area contributed by atoms with Gasteiger partial charge in [-0.25, -0.2) is 8.78 Å². The summed E-state index contributed by atoms with van der Waals surface area (Å²) in [6, 6.07) is 12.1. The largest absolute Gasteiger partial charge is 0.346 e. The van der Waals surface area contributed by atoms with Gasteiger partial charge in [0.15, 0.2) is 0 Å². The molecule has 2 amide bonds. The van der Waals surface area contributed by atoms with E-state index in [9.17, 15) is 18.4 Å². The quantitative estimate of drug-likeness (QED) is 0.723. The van der Waals surface area contributed by atoms with Crippen molar-refractivity contribution in [1.82, 2.24) is 20.4 Å². The number of amides is 2. The Bertz CT molecular complexity index is 871. The average molecular weight is 416 g/mol. The van der Waals surface area contributed by atoms with E-state index in [1.165, 1.54) is 0 Å². The molecule has 160 valence electrons. The minimum Gasteiger partial charge on any atom is -0.346 e. The molecule has 1 heterocycles. The van der Waals surface area contributed by atoms with Crippen LogP contribution in [0.5, 0.6) is 0 Å². The van der Waals surface area contributed by atoms with Crippen LogP contribution in [-0.4, -0.2) is 67.9 Å². The highest BCUT2D eigenvalue weighted by molar-refractivity contribution is 5.96. The number of carbonyl (C=O) groups excluding carboxylic acids is 2. The molecule has 2 aromatic rings. The van der Waals surface area contributed by atoms with Crippen molar-refractivity contribution in [2.45, 2.75) is 6.04 Å². The van der Waals surface area contributed by atoms with Crippen LogP contribution in [-0.2, 0) is 4.79 Å². The van der Waals surface area contributed by atoms with Crippen LogP contribution in [0.15, 0.2) is 48.5 Å². The van der Waals surface area contributed by atoms with Gasteiger partial charge in [0, 0.05) is 38.8 Å². The van der Waals surface area contributed by atoms with Gasteiger partial charge in [0.25, 0.3) is 5.91 Å². The standard InChI is InChI=1S/C22H26F2N4O2/c1-27-9-11-28(12-10-27)15-20(16-5-3-2-4-6-16)26-21(29)14-25-22(30)18-8-7-17(23)13-19(18)24/h2-8,13,20H,9-12,14-15H2,1H3,(H,25,30)(H,26,29). The summed E-state index contributed by atoms with van der Waals surface area (Å²) < 4.78 is 26.7. The van der Waals surface area contributed by atoms with Gasteiger partial charge >= 0.3 is 0 Å². The van der Waals surface area contributed by atoms with E-state index in [2.05, 4.69) is 27.5 Å². The summed E-state index contributed by atoms with van der Waals surface area (Å²) in [7, 11) is 2.08. The van der Waals surface area contributed by atoms with Crippen molar-refractivity contribution in [2.75, 3.05) is 46.3 Å². The molecular weight excluding hydrogens is 390 g/mol. The molecule has 6 nitrogen and oxygen atoms in total.